The zero-order chi connectivity index (χ0) is 13.7. The number of Topliss-reactive ketones (excluding diaryl/α,β-unsaturated/α-hetero) is 1. The number of esters is 2. The lowest BCUT2D eigenvalue weighted by molar-refractivity contribution is -0.160. The molecule has 1 N–H and O–H groups in total. The minimum Gasteiger partial charge on any atom is -0.466 e. The van der Waals surface area contributed by atoms with Crippen LogP contribution in [0.2, 0.25) is 0 Å². The molecule has 1 unspecified atom stereocenters. The quantitative estimate of drug-likeness (QED) is 0.728. The lowest BCUT2D eigenvalue weighted by Gasteiger charge is -2.21. The first-order valence-electron chi connectivity index (χ1n) is 6.79. The summed E-state index contributed by atoms with van der Waals surface area (Å²) in [6, 6.07) is -0.205. The van der Waals surface area contributed by atoms with Crippen molar-refractivity contribution in [3.8, 4) is 0 Å². The Morgan fingerprint density at radius 1 is 1.11 bits per heavy atom. The molecule has 0 amide bonds. The fourth-order valence-corrected chi connectivity index (χ4v) is 2.36. The molecule has 2 saturated heterocycles. The average Bonchev–Trinajstić information content (AvgIpc) is 2.92. The van der Waals surface area contributed by atoms with Gasteiger partial charge in [-0.2, -0.15) is 0 Å². The molecule has 2 aliphatic rings. The van der Waals surface area contributed by atoms with Crippen molar-refractivity contribution in [2.24, 2.45) is 0 Å². The van der Waals surface area contributed by atoms with E-state index in [-0.39, 0.29) is 37.2 Å². The molecule has 6 nitrogen and oxygen atoms in total. The van der Waals surface area contributed by atoms with Crippen LogP contribution in [0.5, 0.6) is 0 Å². The van der Waals surface area contributed by atoms with Crippen LogP contribution in [0.4, 0.5) is 0 Å². The minimum absolute atomic E-state index is 0.0153. The van der Waals surface area contributed by atoms with Crippen molar-refractivity contribution >= 4 is 17.7 Å². The molecule has 2 heterocycles. The first kappa shape index (κ1) is 14.0. The molecule has 0 aromatic carbocycles. The van der Waals surface area contributed by atoms with E-state index in [1.807, 2.05) is 0 Å². The Morgan fingerprint density at radius 2 is 1.89 bits per heavy atom. The van der Waals surface area contributed by atoms with Gasteiger partial charge in [-0.1, -0.05) is 0 Å². The van der Waals surface area contributed by atoms with Crippen LogP contribution < -0.4 is 5.32 Å². The van der Waals surface area contributed by atoms with Gasteiger partial charge in [-0.25, -0.2) is 0 Å². The SMILES string of the molecule is O=C1CCC(=O)OC(C(=O)[C@@H]2CCCN2)CCCO1. The van der Waals surface area contributed by atoms with E-state index in [2.05, 4.69) is 5.32 Å². The van der Waals surface area contributed by atoms with E-state index in [1.165, 1.54) is 0 Å². The third-order valence-corrected chi connectivity index (χ3v) is 3.40. The summed E-state index contributed by atoms with van der Waals surface area (Å²) < 4.78 is 10.2. The first-order valence-corrected chi connectivity index (χ1v) is 6.79. The molecule has 2 aliphatic heterocycles. The van der Waals surface area contributed by atoms with Crippen LogP contribution in [0.3, 0.4) is 0 Å². The largest absolute Gasteiger partial charge is 0.466 e. The molecular formula is C13H19NO5. The Balaban J connectivity index is 1.95. The number of carbonyl (C=O) groups excluding carboxylic acids is 3. The highest BCUT2D eigenvalue weighted by Crippen LogP contribution is 2.15. The number of rotatable bonds is 2. The molecular weight excluding hydrogens is 250 g/mol. The van der Waals surface area contributed by atoms with E-state index < -0.39 is 12.1 Å². The minimum atomic E-state index is -0.708. The van der Waals surface area contributed by atoms with Crippen molar-refractivity contribution in [3.05, 3.63) is 0 Å². The number of hydrogen-bond donors (Lipinski definition) is 1. The lowest BCUT2D eigenvalue weighted by atomic mass is 10.0. The van der Waals surface area contributed by atoms with Crippen LogP contribution in [-0.4, -0.2) is 43.0 Å². The zero-order valence-corrected chi connectivity index (χ0v) is 10.9. The van der Waals surface area contributed by atoms with Gasteiger partial charge >= 0.3 is 11.9 Å². The number of cyclic esters (lactones) is 2. The molecule has 0 radical (unpaired) electrons. The molecule has 2 rings (SSSR count). The van der Waals surface area contributed by atoms with Crippen LogP contribution >= 0.6 is 0 Å². The Morgan fingerprint density at radius 3 is 2.63 bits per heavy atom. The summed E-state index contributed by atoms with van der Waals surface area (Å²) in [7, 11) is 0. The van der Waals surface area contributed by atoms with Crippen LogP contribution in [0, 0.1) is 0 Å². The van der Waals surface area contributed by atoms with Gasteiger partial charge in [0.05, 0.1) is 25.5 Å². The Kier molecular flexibility index (Phi) is 4.90. The third kappa shape index (κ3) is 4.02. The Hall–Kier alpha value is -1.43. The second-order valence-corrected chi connectivity index (χ2v) is 4.89. The number of ether oxygens (including phenoxy) is 2. The van der Waals surface area contributed by atoms with E-state index in [0.717, 1.165) is 19.4 Å². The van der Waals surface area contributed by atoms with Crippen molar-refractivity contribution in [3.63, 3.8) is 0 Å². The number of nitrogens with one attached hydrogen (secondary N) is 1. The van der Waals surface area contributed by atoms with Crippen molar-refractivity contribution < 1.29 is 23.9 Å². The fraction of sp³-hybridized carbons (Fsp3) is 0.769. The molecule has 0 aliphatic carbocycles. The highest BCUT2D eigenvalue weighted by atomic mass is 16.6. The third-order valence-electron chi connectivity index (χ3n) is 3.40. The summed E-state index contributed by atoms with van der Waals surface area (Å²) in [5.74, 6) is -0.952. The van der Waals surface area contributed by atoms with Crippen molar-refractivity contribution in [1.29, 1.82) is 0 Å². The van der Waals surface area contributed by atoms with E-state index in [0.29, 0.717) is 12.8 Å². The van der Waals surface area contributed by atoms with E-state index in [1.54, 1.807) is 0 Å². The second kappa shape index (κ2) is 6.65. The molecule has 106 valence electrons. The topological polar surface area (TPSA) is 81.7 Å². The van der Waals surface area contributed by atoms with Gasteiger partial charge in [0.15, 0.2) is 11.9 Å². The van der Waals surface area contributed by atoms with Gasteiger partial charge in [0.25, 0.3) is 0 Å². The monoisotopic (exact) mass is 269 g/mol. The van der Waals surface area contributed by atoms with Crippen LogP contribution in [0.25, 0.3) is 0 Å². The molecule has 2 atom stereocenters. The van der Waals surface area contributed by atoms with Crippen LogP contribution in [-0.2, 0) is 23.9 Å². The van der Waals surface area contributed by atoms with Gasteiger partial charge in [0.2, 0.25) is 0 Å². The number of ketones is 1. The maximum Gasteiger partial charge on any atom is 0.307 e. The molecule has 19 heavy (non-hydrogen) atoms. The average molecular weight is 269 g/mol. The summed E-state index contributed by atoms with van der Waals surface area (Å²) in [5, 5.41) is 3.11. The molecule has 0 spiro atoms. The zero-order valence-electron chi connectivity index (χ0n) is 10.9. The summed E-state index contributed by atoms with van der Waals surface area (Å²) in [6.45, 7) is 1.10. The summed E-state index contributed by atoms with van der Waals surface area (Å²) in [4.78, 5) is 35.0. The summed E-state index contributed by atoms with van der Waals surface area (Å²) in [6.07, 6.45) is 1.98. The maximum absolute atomic E-state index is 12.2. The van der Waals surface area contributed by atoms with E-state index in [4.69, 9.17) is 9.47 Å². The van der Waals surface area contributed by atoms with Crippen molar-refractivity contribution in [1.82, 2.24) is 5.32 Å². The second-order valence-electron chi connectivity index (χ2n) is 4.89. The molecule has 0 bridgehead atoms. The van der Waals surface area contributed by atoms with E-state index >= 15 is 0 Å². The molecule has 0 aromatic rings. The van der Waals surface area contributed by atoms with Crippen LogP contribution in [0.1, 0.15) is 38.5 Å². The highest BCUT2D eigenvalue weighted by molar-refractivity contribution is 5.90. The fourth-order valence-electron chi connectivity index (χ4n) is 2.36. The lowest BCUT2D eigenvalue weighted by Crippen LogP contribution is -2.41. The molecule has 2 fully saturated rings. The van der Waals surface area contributed by atoms with Crippen molar-refractivity contribution in [2.75, 3.05) is 13.2 Å². The highest BCUT2D eigenvalue weighted by Gasteiger charge is 2.31. The van der Waals surface area contributed by atoms with E-state index in [9.17, 15) is 14.4 Å². The van der Waals surface area contributed by atoms with Crippen molar-refractivity contribution in [2.45, 2.75) is 50.7 Å². The summed E-state index contributed by atoms with van der Waals surface area (Å²) >= 11 is 0. The van der Waals surface area contributed by atoms with Gasteiger partial charge in [0, 0.05) is 0 Å². The summed E-state index contributed by atoms with van der Waals surface area (Å²) in [5.41, 5.74) is 0. The molecule has 0 saturated carbocycles. The normalized spacial score (nSPS) is 29.5. The predicted octanol–water partition coefficient (Wildman–Crippen LogP) is 0.336. The number of hydrogen-bond acceptors (Lipinski definition) is 6. The maximum atomic E-state index is 12.2. The van der Waals surface area contributed by atoms with Gasteiger partial charge in [0.1, 0.15) is 0 Å². The number of carbonyl (C=O) groups is 3. The van der Waals surface area contributed by atoms with Gasteiger partial charge in [-0.05, 0) is 32.2 Å². The Labute approximate surface area is 111 Å². The van der Waals surface area contributed by atoms with Gasteiger partial charge < -0.3 is 14.8 Å². The Bertz CT molecular complexity index is 362. The van der Waals surface area contributed by atoms with Crippen LogP contribution in [0.15, 0.2) is 0 Å². The predicted molar refractivity (Wildman–Crippen MR) is 65.3 cm³/mol. The molecule has 0 aromatic heterocycles. The molecule has 6 heteroatoms. The standard InChI is InChI=1S/C13H19NO5/c15-11-5-6-12(16)19-10(4-2-8-18-11)13(17)9-3-1-7-14-9/h9-10,14H,1-8H2/t9-,10?/m0/s1. The first-order chi connectivity index (χ1) is 9.16. The van der Waals surface area contributed by atoms with Gasteiger partial charge in [-0.15, -0.1) is 0 Å². The van der Waals surface area contributed by atoms with Gasteiger partial charge in [-0.3, -0.25) is 14.4 Å². The smallest absolute Gasteiger partial charge is 0.307 e.